The van der Waals surface area contributed by atoms with Crippen LogP contribution in [0.1, 0.15) is 11.4 Å². The summed E-state index contributed by atoms with van der Waals surface area (Å²) in [6, 6.07) is 12.6. The van der Waals surface area contributed by atoms with Crippen LogP contribution in [0.4, 0.5) is 20.6 Å². The number of carbonyl (C=O) groups excluding carboxylic acids is 1. The van der Waals surface area contributed by atoms with Crippen molar-refractivity contribution in [3.8, 4) is 17.5 Å². The van der Waals surface area contributed by atoms with E-state index >= 15 is 0 Å². The number of nitrogens with zero attached hydrogens (tertiary/aromatic N) is 2. The van der Waals surface area contributed by atoms with Crippen LogP contribution in [0, 0.1) is 19.7 Å². The fraction of sp³-hybridized carbons (Fsp3) is 0.150. The molecule has 1 heterocycles. The van der Waals surface area contributed by atoms with Gasteiger partial charge in [-0.2, -0.15) is 9.97 Å². The minimum absolute atomic E-state index is 0.00390. The van der Waals surface area contributed by atoms with Gasteiger partial charge in [0.05, 0.1) is 29.9 Å². The Balaban J connectivity index is 1.76. The maximum absolute atomic E-state index is 13.7. The van der Waals surface area contributed by atoms with Crippen molar-refractivity contribution < 1.29 is 18.7 Å². The molecule has 28 heavy (non-hydrogen) atoms. The van der Waals surface area contributed by atoms with E-state index in [9.17, 15) is 9.18 Å². The molecule has 0 aliphatic rings. The highest BCUT2D eigenvalue weighted by molar-refractivity contribution is 6.01. The molecule has 144 valence electrons. The van der Waals surface area contributed by atoms with Crippen LogP contribution in [-0.4, -0.2) is 23.1 Å². The van der Waals surface area contributed by atoms with Gasteiger partial charge in [-0.25, -0.2) is 9.18 Å². The maximum Gasteiger partial charge on any atom is 0.323 e. The molecule has 2 N–H and O–H groups in total. The van der Waals surface area contributed by atoms with Crippen LogP contribution in [0.5, 0.6) is 17.5 Å². The van der Waals surface area contributed by atoms with E-state index in [2.05, 4.69) is 20.6 Å². The monoisotopic (exact) mass is 382 g/mol. The van der Waals surface area contributed by atoms with E-state index in [1.54, 1.807) is 50.2 Å². The molecule has 7 nitrogen and oxygen atoms in total. The molecule has 0 saturated carbocycles. The van der Waals surface area contributed by atoms with Gasteiger partial charge in [0.2, 0.25) is 0 Å². The van der Waals surface area contributed by atoms with Crippen LogP contribution < -0.4 is 20.1 Å². The molecule has 2 amide bonds. The van der Waals surface area contributed by atoms with E-state index in [-0.39, 0.29) is 11.8 Å². The molecule has 2 aromatic carbocycles. The summed E-state index contributed by atoms with van der Waals surface area (Å²) in [5.41, 5.74) is 1.93. The van der Waals surface area contributed by atoms with Gasteiger partial charge >= 0.3 is 12.0 Å². The summed E-state index contributed by atoms with van der Waals surface area (Å²) < 4.78 is 24.4. The number of hydrogen-bond acceptors (Lipinski definition) is 5. The predicted molar refractivity (Wildman–Crippen MR) is 104 cm³/mol. The number of nitrogens with one attached hydrogen (secondary N) is 2. The van der Waals surface area contributed by atoms with Gasteiger partial charge in [-0.3, -0.25) is 0 Å². The lowest BCUT2D eigenvalue weighted by atomic mass is 10.3. The van der Waals surface area contributed by atoms with Gasteiger partial charge in [-0.1, -0.05) is 24.3 Å². The molecule has 3 rings (SSSR count). The summed E-state index contributed by atoms with van der Waals surface area (Å²) in [7, 11) is 1.52. The van der Waals surface area contributed by atoms with Crippen LogP contribution >= 0.6 is 0 Å². The van der Waals surface area contributed by atoms with Gasteiger partial charge in [0.1, 0.15) is 5.75 Å². The number of amides is 2. The first-order valence-electron chi connectivity index (χ1n) is 8.46. The number of methoxy groups -OCH3 is 1. The van der Waals surface area contributed by atoms with Crippen molar-refractivity contribution in [1.29, 1.82) is 0 Å². The molecule has 0 radical (unpaired) electrons. The summed E-state index contributed by atoms with van der Waals surface area (Å²) in [4.78, 5) is 20.8. The second-order valence-corrected chi connectivity index (χ2v) is 5.86. The molecule has 3 aromatic rings. The molecule has 8 heteroatoms. The molecule has 0 atom stereocenters. The highest BCUT2D eigenvalue weighted by Gasteiger charge is 2.15. The van der Waals surface area contributed by atoms with Gasteiger partial charge in [-0.15, -0.1) is 0 Å². The van der Waals surface area contributed by atoms with Crippen LogP contribution in [0.3, 0.4) is 0 Å². The zero-order valence-corrected chi connectivity index (χ0v) is 15.6. The number of ether oxygens (including phenoxy) is 2. The van der Waals surface area contributed by atoms with Gasteiger partial charge in [0.15, 0.2) is 11.6 Å². The fourth-order valence-electron chi connectivity index (χ4n) is 2.55. The van der Waals surface area contributed by atoms with E-state index in [0.29, 0.717) is 28.5 Å². The molecular weight excluding hydrogens is 363 g/mol. The maximum atomic E-state index is 13.7. The van der Waals surface area contributed by atoms with E-state index in [4.69, 9.17) is 9.47 Å². The van der Waals surface area contributed by atoms with Gasteiger partial charge < -0.3 is 20.1 Å². The standard InChI is InChI=1S/C20H19FN4O3/c1-12-18(25-19(26)24-15-9-5-7-11-17(15)27-3)13(2)23-20(22-12)28-16-10-6-4-8-14(16)21/h4-11H,1-3H3,(H2,24,25,26). The first-order valence-corrected chi connectivity index (χ1v) is 8.46. The number of rotatable bonds is 5. The van der Waals surface area contributed by atoms with Crippen molar-refractivity contribution in [2.24, 2.45) is 0 Å². The number of urea groups is 1. The van der Waals surface area contributed by atoms with E-state index < -0.39 is 11.8 Å². The average molecular weight is 382 g/mol. The first-order chi connectivity index (χ1) is 13.5. The number of aromatic nitrogens is 2. The molecule has 1 aromatic heterocycles. The van der Waals surface area contributed by atoms with Crippen molar-refractivity contribution in [3.05, 3.63) is 65.7 Å². The van der Waals surface area contributed by atoms with Crippen LogP contribution in [-0.2, 0) is 0 Å². The number of para-hydroxylation sites is 3. The lowest BCUT2D eigenvalue weighted by Crippen LogP contribution is -2.21. The Morgan fingerprint density at radius 3 is 2.18 bits per heavy atom. The second kappa shape index (κ2) is 8.34. The Morgan fingerprint density at radius 1 is 0.929 bits per heavy atom. The van der Waals surface area contributed by atoms with Gasteiger partial charge in [-0.05, 0) is 38.1 Å². The van der Waals surface area contributed by atoms with Crippen molar-refractivity contribution in [2.75, 3.05) is 17.7 Å². The van der Waals surface area contributed by atoms with Crippen LogP contribution in [0.25, 0.3) is 0 Å². The van der Waals surface area contributed by atoms with Crippen LogP contribution in [0.2, 0.25) is 0 Å². The molecule has 0 aliphatic carbocycles. The van der Waals surface area contributed by atoms with Crippen LogP contribution in [0.15, 0.2) is 48.5 Å². The fourth-order valence-corrected chi connectivity index (χ4v) is 2.55. The third kappa shape index (κ3) is 4.35. The number of anilines is 2. The van der Waals surface area contributed by atoms with E-state index in [1.165, 1.54) is 19.2 Å². The summed E-state index contributed by atoms with van der Waals surface area (Å²) in [6.45, 7) is 3.39. The molecule has 0 bridgehead atoms. The third-order valence-corrected chi connectivity index (χ3v) is 3.88. The quantitative estimate of drug-likeness (QED) is 0.669. The lowest BCUT2D eigenvalue weighted by Gasteiger charge is -2.14. The van der Waals surface area contributed by atoms with Crippen molar-refractivity contribution in [2.45, 2.75) is 13.8 Å². The zero-order chi connectivity index (χ0) is 20.1. The van der Waals surface area contributed by atoms with E-state index in [0.717, 1.165) is 0 Å². The lowest BCUT2D eigenvalue weighted by molar-refractivity contribution is 0.262. The number of aryl methyl sites for hydroxylation is 2. The molecule has 0 aliphatic heterocycles. The highest BCUT2D eigenvalue weighted by Crippen LogP contribution is 2.26. The summed E-state index contributed by atoms with van der Waals surface area (Å²) in [5, 5.41) is 5.44. The predicted octanol–water partition coefficient (Wildman–Crippen LogP) is 4.68. The van der Waals surface area contributed by atoms with Gasteiger partial charge in [0.25, 0.3) is 0 Å². The summed E-state index contributed by atoms with van der Waals surface area (Å²) in [5.74, 6) is 0.0479. The largest absolute Gasteiger partial charge is 0.495 e. The number of carbonyl (C=O) groups is 1. The minimum Gasteiger partial charge on any atom is -0.495 e. The Morgan fingerprint density at radius 2 is 1.54 bits per heavy atom. The normalized spacial score (nSPS) is 10.3. The number of halogens is 1. The Bertz CT molecular complexity index is 987. The molecular formula is C20H19FN4O3. The van der Waals surface area contributed by atoms with Crippen molar-refractivity contribution in [3.63, 3.8) is 0 Å². The first kappa shape index (κ1) is 19.1. The van der Waals surface area contributed by atoms with Crippen molar-refractivity contribution in [1.82, 2.24) is 9.97 Å². The molecule has 0 unspecified atom stereocenters. The average Bonchev–Trinajstić information content (AvgIpc) is 2.67. The highest BCUT2D eigenvalue weighted by atomic mass is 19.1. The third-order valence-electron chi connectivity index (χ3n) is 3.88. The molecule has 0 spiro atoms. The second-order valence-electron chi connectivity index (χ2n) is 5.86. The topological polar surface area (TPSA) is 85.4 Å². The minimum atomic E-state index is -0.514. The number of hydrogen-bond donors (Lipinski definition) is 2. The number of benzene rings is 2. The van der Waals surface area contributed by atoms with Gasteiger partial charge in [0, 0.05) is 0 Å². The summed E-state index contributed by atoms with van der Waals surface area (Å²) in [6.07, 6.45) is 0. The Kier molecular flexibility index (Phi) is 5.69. The van der Waals surface area contributed by atoms with Crippen molar-refractivity contribution >= 4 is 17.4 Å². The smallest absolute Gasteiger partial charge is 0.323 e. The Hall–Kier alpha value is -3.68. The molecule has 0 saturated heterocycles. The zero-order valence-electron chi connectivity index (χ0n) is 15.6. The SMILES string of the molecule is COc1ccccc1NC(=O)Nc1c(C)nc(Oc2ccccc2F)nc1C. The Labute approximate surface area is 161 Å². The van der Waals surface area contributed by atoms with E-state index in [1.807, 2.05) is 0 Å². The molecule has 0 fully saturated rings. The summed E-state index contributed by atoms with van der Waals surface area (Å²) >= 11 is 0.